The molecule has 23 heavy (non-hydrogen) atoms. The van der Waals surface area contributed by atoms with Crippen LogP contribution in [0.3, 0.4) is 0 Å². The molecule has 6 nitrogen and oxygen atoms in total. The first-order valence-electron chi connectivity index (χ1n) is 7.05. The molecule has 0 bridgehead atoms. The number of nitrogens with zero attached hydrogens (tertiary/aromatic N) is 4. The average molecular weight is 319 g/mol. The van der Waals surface area contributed by atoms with Crippen molar-refractivity contribution in [2.45, 2.75) is 19.4 Å². The van der Waals surface area contributed by atoms with Gasteiger partial charge in [0.15, 0.2) is 5.82 Å². The maximum absolute atomic E-state index is 12.7. The summed E-state index contributed by atoms with van der Waals surface area (Å²) in [6.45, 7) is -0.517. The number of fused-ring (bicyclic) bond motifs is 1. The van der Waals surface area contributed by atoms with Gasteiger partial charge in [-0.1, -0.05) is 12.1 Å². The zero-order valence-corrected chi connectivity index (χ0v) is 12.4. The van der Waals surface area contributed by atoms with Gasteiger partial charge in [-0.05, 0) is 18.2 Å². The fourth-order valence-electron chi connectivity index (χ4n) is 2.39. The van der Waals surface area contributed by atoms with E-state index in [2.05, 4.69) is 15.5 Å². The minimum atomic E-state index is -2.52. The highest BCUT2D eigenvalue weighted by molar-refractivity contribution is 6.00. The van der Waals surface area contributed by atoms with Crippen LogP contribution >= 0.6 is 0 Å². The molecule has 2 aromatic heterocycles. The van der Waals surface area contributed by atoms with Crippen molar-refractivity contribution in [3.63, 3.8) is 0 Å². The lowest BCUT2D eigenvalue weighted by molar-refractivity contribution is -0.115. The molecule has 0 fully saturated rings. The third kappa shape index (κ3) is 3.36. The molecule has 0 radical (unpaired) electrons. The quantitative estimate of drug-likeness (QED) is 0.784. The molecule has 0 saturated heterocycles. The number of hydrogen-bond acceptors (Lipinski definition) is 3. The Morgan fingerprint density at radius 2 is 2.04 bits per heavy atom. The lowest BCUT2D eigenvalue weighted by Gasteiger charge is -2.01. The number of para-hydroxylation sites is 1. The Kier molecular flexibility index (Phi) is 4.05. The third-order valence-corrected chi connectivity index (χ3v) is 3.34. The van der Waals surface area contributed by atoms with Crippen LogP contribution in [0, 0.1) is 0 Å². The predicted octanol–water partition coefficient (Wildman–Crippen LogP) is 2.22. The first-order chi connectivity index (χ1) is 11.0. The molecule has 120 valence electrons. The minimum Gasteiger partial charge on any atom is -0.308 e. The van der Waals surface area contributed by atoms with Crippen LogP contribution < -0.4 is 5.32 Å². The molecule has 1 N–H and O–H groups in total. The van der Waals surface area contributed by atoms with Crippen molar-refractivity contribution in [1.29, 1.82) is 0 Å². The highest BCUT2D eigenvalue weighted by atomic mass is 19.3. The SMILES string of the molecule is Cn1ccc(CC(=O)Nc2nn(CC(F)F)c3ccccc23)n1. The van der Waals surface area contributed by atoms with Gasteiger partial charge in [0.2, 0.25) is 5.91 Å². The normalized spacial score (nSPS) is 11.3. The maximum Gasteiger partial charge on any atom is 0.257 e. The molecule has 0 aliphatic rings. The van der Waals surface area contributed by atoms with Crippen LogP contribution in [0.2, 0.25) is 0 Å². The smallest absolute Gasteiger partial charge is 0.257 e. The number of amides is 1. The van der Waals surface area contributed by atoms with Gasteiger partial charge in [-0.25, -0.2) is 8.78 Å². The zero-order valence-electron chi connectivity index (χ0n) is 12.4. The topological polar surface area (TPSA) is 64.7 Å². The fraction of sp³-hybridized carbons (Fsp3) is 0.267. The van der Waals surface area contributed by atoms with Crippen LogP contribution in [0.25, 0.3) is 10.9 Å². The van der Waals surface area contributed by atoms with Crippen LogP contribution in [0.15, 0.2) is 36.5 Å². The molecule has 2 heterocycles. The number of carbonyl (C=O) groups excluding carboxylic acids is 1. The Morgan fingerprint density at radius 3 is 2.74 bits per heavy atom. The van der Waals surface area contributed by atoms with Crippen LogP contribution in [0.5, 0.6) is 0 Å². The first-order valence-corrected chi connectivity index (χ1v) is 7.05. The Bertz CT molecular complexity index is 839. The molecule has 1 amide bonds. The summed E-state index contributed by atoms with van der Waals surface area (Å²) < 4.78 is 28.1. The molecule has 1 aromatic carbocycles. The molecule has 0 unspecified atom stereocenters. The Hall–Kier alpha value is -2.77. The second kappa shape index (κ2) is 6.15. The largest absolute Gasteiger partial charge is 0.308 e. The van der Waals surface area contributed by atoms with E-state index in [0.29, 0.717) is 16.6 Å². The Balaban J connectivity index is 1.83. The van der Waals surface area contributed by atoms with Gasteiger partial charge in [0, 0.05) is 18.6 Å². The van der Waals surface area contributed by atoms with Gasteiger partial charge in [0.1, 0.15) is 6.54 Å². The number of alkyl halides is 2. The van der Waals surface area contributed by atoms with Gasteiger partial charge >= 0.3 is 0 Å². The average Bonchev–Trinajstić information content (AvgIpc) is 3.04. The van der Waals surface area contributed by atoms with E-state index in [1.807, 2.05) is 0 Å². The van der Waals surface area contributed by atoms with E-state index < -0.39 is 13.0 Å². The van der Waals surface area contributed by atoms with Gasteiger partial charge in [-0.15, -0.1) is 0 Å². The van der Waals surface area contributed by atoms with Gasteiger partial charge < -0.3 is 5.32 Å². The van der Waals surface area contributed by atoms with E-state index in [9.17, 15) is 13.6 Å². The lowest BCUT2D eigenvalue weighted by atomic mass is 10.2. The summed E-state index contributed by atoms with van der Waals surface area (Å²) in [6.07, 6.45) is -0.679. The molecular weight excluding hydrogens is 304 g/mol. The molecule has 3 rings (SSSR count). The van der Waals surface area contributed by atoms with Gasteiger partial charge in [0.25, 0.3) is 6.43 Å². The number of carbonyl (C=O) groups is 1. The zero-order chi connectivity index (χ0) is 16.4. The lowest BCUT2D eigenvalue weighted by Crippen LogP contribution is -2.16. The summed E-state index contributed by atoms with van der Waals surface area (Å²) in [6, 6.07) is 8.68. The molecule has 3 aromatic rings. The fourth-order valence-corrected chi connectivity index (χ4v) is 2.39. The van der Waals surface area contributed by atoms with Crippen molar-refractivity contribution in [3.05, 3.63) is 42.2 Å². The van der Waals surface area contributed by atoms with Crippen molar-refractivity contribution in [3.8, 4) is 0 Å². The van der Waals surface area contributed by atoms with Gasteiger partial charge in [-0.2, -0.15) is 10.2 Å². The van der Waals surface area contributed by atoms with Crippen molar-refractivity contribution in [2.75, 3.05) is 5.32 Å². The van der Waals surface area contributed by atoms with Crippen LogP contribution in [0.4, 0.5) is 14.6 Å². The van der Waals surface area contributed by atoms with E-state index in [4.69, 9.17) is 0 Å². The summed E-state index contributed by atoms with van der Waals surface area (Å²) in [7, 11) is 1.76. The molecule has 0 saturated carbocycles. The molecule has 0 atom stereocenters. The van der Waals surface area contributed by atoms with E-state index in [1.54, 1.807) is 48.3 Å². The van der Waals surface area contributed by atoms with E-state index in [0.717, 1.165) is 0 Å². The van der Waals surface area contributed by atoms with Crippen LogP contribution in [-0.4, -0.2) is 31.9 Å². The number of anilines is 1. The third-order valence-electron chi connectivity index (χ3n) is 3.34. The summed E-state index contributed by atoms with van der Waals surface area (Å²) in [5, 5.41) is 11.5. The van der Waals surface area contributed by atoms with Crippen molar-refractivity contribution >= 4 is 22.6 Å². The van der Waals surface area contributed by atoms with Crippen molar-refractivity contribution in [1.82, 2.24) is 19.6 Å². The van der Waals surface area contributed by atoms with Gasteiger partial charge in [0.05, 0.1) is 17.6 Å². The maximum atomic E-state index is 12.7. The minimum absolute atomic E-state index is 0.0941. The standard InChI is InChI=1S/C15H15F2N5O/c1-21-7-6-10(19-21)8-14(23)18-15-11-4-2-3-5-12(11)22(20-15)9-13(16)17/h2-7,13H,8-9H2,1H3,(H,18,20,23). The van der Waals surface area contributed by atoms with E-state index in [-0.39, 0.29) is 18.1 Å². The molecular formula is C15H15F2N5O. The first kappa shape index (κ1) is 15.1. The van der Waals surface area contributed by atoms with Crippen molar-refractivity contribution < 1.29 is 13.6 Å². The Morgan fingerprint density at radius 1 is 1.26 bits per heavy atom. The molecule has 0 aliphatic heterocycles. The van der Waals surface area contributed by atoms with Gasteiger partial charge in [-0.3, -0.25) is 14.2 Å². The number of nitrogens with one attached hydrogen (secondary N) is 1. The number of aryl methyl sites for hydroxylation is 1. The second-order valence-corrected chi connectivity index (χ2v) is 5.14. The van der Waals surface area contributed by atoms with Crippen LogP contribution in [0.1, 0.15) is 5.69 Å². The Labute approximate surface area is 130 Å². The number of hydrogen-bond donors (Lipinski definition) is 1. The molecule has 0 spiro atoms. The molecule has 0 aliphatic carbocycles. The number of rotatable bonds is 5. The second-order valence-electron chi connectivity index (χ2n) is 5.14. The highest BCUT2D eigenvalue weighted by Crippen LogP contribution is 2.23. The summed E-state index contributed by atoms with van der Waals surface area (Å²) in [4.78, 5) is 12.1. The van der Waals surface area contributed by atoms with Crippen LogP contribution in [-0.2, 0) is 24.8 Å². The van der Waals surface area contributed by atoms with E-state index in [1.165, 1.54) is 4.68 Å². The van der Waals surface area contributed by atoms with Crippen molar-refractivity contribution in [2.24, 2.45) is 7.05 Å². The predicted molar refractivity (Wildman–Crippen MR) is 81.3 cm³/mol. The summed E-state index contributed by atoms with van der Waals surface area (Å²) in [5.41, 5.74) is 1.18. The monoisotopic (exact) mass is 319 g/mol. The van der Waals surface area contributed by atoms with E-state index >= 15 is 0 Å². The number of benzene rings is 1. The highest BCUT2D eigenvalue weighted by Gasteiger charge is 2.15. The molecule has 8 heteroatoms. The summed E-state index contributed by atoms with van der Waals surface area (Å²) >= 11 is 0. The number of halogens is 2. The number of aromatic nitrogens is 4. The summed E-state index contributed by atoms with van der Waals surface area (Å²) in [5.74, 6) is -0.0154.